The summed E-state index contributed by atoms with van der Waals surface area (Å²) in [5.74, 6) is 0. The minimum absolute atomic E-state index is 1.01. The first-order valence-electron chi connectivity index (χ1n) is 5.13. The van der Waals surface area contributed by atoms with E-state index in [-0.39, 0.29) is 0 Å². The molecule has 72 valence electrons. The van der Waals surface area contributed by atoms with Crippen LogP contribution in [0.5, 0.6) is 0 Å². The second kappa shape index (κ2) is 3.35. The number of hydrogen-bond acceptors (Lipinski definition) is 1. The molecule has 1 aliphatic carbocycles. The summed E-state index contributed by atoms with van der Waals surface area (Å²) in [6.07, 6.45) is 5.09. The van der Waals surface area contributed by atoms with E-state index in [1.54, 1.807) is 0 Å². The Morgan fingerprint density at radius 3 is 2.60 bits per heavy atom. The average molecular weight is 193 g/mol. The van der Waals surface area contributed by atoms with Gasteiger partial charge in [0, 0.05) is 12.6 Å². The van der Waals surface area contributed by atoms with E-state index in [0.29, 0.717) is 0 Å². The molecular weight excluding hydrogens is 182 g/mol. The highest BCUT2D eigenvalue weighted by atomic mass is 14.7. The van der Waals surface area contributed by atoms with Crippen LogP contribution < -0.4 is 0 Å². The van der Waals surface area contributed by atoms with Crippen molar-refractivity contribution in [2.75, 3.05) is 0 Å². The molecule has 1 heterocycles. The van der Waals surface area contributed by atoms with E-state index in [0.717, 1.165) is 12.1 Å². The minimum atomic E-state index is 1.01. The highest BCUT2D eigenvalue weighted by Crippen LogP contribution is 2.29. The first kappa shape index (κ1) is 8.42. The van der Waals surface area contributed by atoms with Crippen molar-refractivity contribution in [2.45, 2.75) is 6.42 Å². The highest BCUT2D eigenvalue weighted by molar-refractivity contribution is 5.87. The Hall–Kier alpha value is -1.89. The second-order valence-corrected chi connectivity index (χ2v) is 3.76. The molecule has 0 spiro atoms. The maximum Gasteiger partial charge on any atom is 0.0665 e. The Morgan fingerprint density at radius 1 is 0.933 bits per heavy atom. The van der Waals surface area contributed by atoms with Crippen molar-refractivity contribution < 1.29 is 0 Å². The fourth-order valence-corrected chi connectivity index (χ4v) is 2.00. The van der Waals surface area contributed by atoms with Crippen LogP contribution in [0.2, 0.25) is 0 Å². The van der Waals surface area contributed by atoms with Crippen LogP contribution in [0.25, 0.3) is 11.6 Å². The van der Waals surface area contributed by atoms with Gasteiger partial charge in [0.25, 0.3) is 0 Å². The van der Waals surface area contributed by atoms with Crippen LogP contribution in [-0.2, 0) is 6.42 Å². The monoisotopic (exact) mass is 193 g/mol. The molecular formula is C14H11N. The Labute approximate surface area is 89.1 Å². The molecule has 0 bridgehead atoms. The van der Waals surface area contributed by atoms with E-state index in [2.05, 4.69) is 41.4 Å². The van der Waals surface area contributed by atoms with Crippen LogP contribution in [0.1, 0.15) is 16.8 Å². The number of fused-ring (bicyclic) bond motifs is 1. The predicted octanol–water partition coefficient (Wildman–Crippen LogP) is 3.18. The largest absolute Gasteiger partial charge is 0.257 e. The fraction of sp³-hybridized carbons (Fsp3) is 0.0714. The molecule has 1 aromatic heterocycles. The van der Waals surface area contributed by atoms with Crippen molar-refractivity contribution in [3.05, 3.63) is 65.5 Å². The van der Waals surface area contributed by atoms with Crippen molar-refractivity contribution in [1.29, 1.82) is 0 Å². The molecule has 0 radical (unpaired) electrons. The Kier molecular flexibility index (Phi) is 1.88. The van der Waals surface area contributed by atoms with Gasteiger partial charge in [0.2, 0.25) is 0 Å². The van der Waals surface area contributed by atoms with Crippen molar-refractivity contribution in [3.8, 4) is 0 Å². The molecule has 0 saturated carbocycles. The number of hydrogen-bond donors (Lipinski definition) is 0. The predicted molar refractivity (Wildman–Crippen MR) is 62.3 cm³/mol. The third kappa shape index (κ3) is 1.46. The molecule has 1 aliphatic rings. The maximum atomic E-state index is 4.38. The number of allylic oxidation sites excluding steroid dienone is 1. The Bertz CT molecular complexity index is 512. The molecule has 1 aromatic carbocycles. The van der Waals surface area contributed by atoms with Crippen molar-refractivity contribution in [1.82, 2.24) is 4.98 Å². The molecule has 2 aromatic rings. The number of nitrogens with zero attached hydrogens (tertiary/aromatic N) is 1. The van der Waals surface area contributed by atoms with E-state index in [1.807, 2.05) is 18.3 Å². The molecule has 15 heavy (non-hydrogen) atoms. The summed E-state index contributed by atoms with van der Waals surface area (Å²) in [5.41, 5.74) is 5.14. The maximum absolute atomic E-state index is 4.38. The van der Waals surface area contributed by atoms with Crippen molar-refractivity contribution >= 4 is 11.6 Å². The lowest BCUT2D eigenvalue weighted by atomic mass is 10.1. The summed E-state index contributed by atoms with van der Waals surface area (Å²) in [5, 5.41) is 0. The van der Waals surface area contributed by atoms with Gasteiger partial charge >= 0.3 is 0 Å². The lowest BCUT2D eigenvalue weighted by Gasteiger charge is -1.99. The topological polar surface area (TPSA) is 12.9 Å². The molecule has 3 rings (SSSR count). The van der Waals surface area contributed by atoms with Gasteiger partial charge in [-0.15, -0.1) is 0 Å². The van der Waals surface area contributed by atoms with Crippen LogP contribution in [0, 0.1) is 0 Å². The molecule has 0 atom stereocenters. The Morgan fingerprint density at radius 2 is 1.80 bits per heavy atom. The van der Waals surface area contributed by atoms with Crippen LogP contribution in [0.15, 0.2) is 48.7 Å². The zero-order chi connectivity index (χ0) is 10.1. The quantitative estimate of drug-likeness (QED) is 0.677. The van der Waals surface area contributed by atoms with Crippen molar-refractivity contribution in [3.63, 3.8) is 0 Å². The van der Waals surface area contributed by atoms with E-state index in [1.165, 1.54) is 16.7 Å². The smallest absolute Gasteiger partial charge is 0.0665 e. The summed E-state index contributed by atoms with van der Waals surface area (Å²) in [7, 11) is 0. The van der Waals surface area contributed by atoms with Gasteiger partial charge in [-0.3, -0.25) is 4.98 Å². The van der Waals surface area contributed by atoms with Crippen LogP contribution in [-0.4, -0.2) is 4.98 Å². The van der Waals surface area contributed by atoms with Gasteiger partial charge in [-0.2, -0.15) is 0 Å². The standard InChI is InChI=1S/C14H11N/c1-2-6-12-10-13(9-11(12)5-1)14-7-3-4-8-15-14/h1-9H,10H2. The number of pyridine rings is 1. The summed E-state index contributed by atoms with van der Waals surface area (Å²) in [6, 6.07) is 14.6. The first-order chi connectivity index (χ1) is 7.43. The number of benzene rings is 1. The van der Waals surface area contributed by atoms with Crippen LogP contribution in [0.4, 0.5) is 0 Å². The van der Waals surface area contributed by atoms with Gasteiger partial charge in [0.15, 0.2) is 0 Å². The fourth-order valence-electron chi connectivity index (χ4n) is 2.00. The van der Waals surface area contributed by atoms with Gasteiger partial charge in [0.05, 0.1) is 5.69 Å². The molecule has 0 saturated heterocycles. The van der Waals surface area contributed by atoms with E-state index in [9.17, 15) is 0 Å². The molecule has 0 N–H and O–H groups in total. The lowest BCUT2D eigenvalue weighted by Crippen LogP contribution is -1.87. The third-order valence-corrected chi connectivity index (χ3v) is 2.76. The molecule has 0 amide bonds. The molecule has 0 fully saturated rings. The van der Waals surface area contributed by atoms with Gasteiger partial charge in [-0.25, -0.2) is 0 Å². The van der Waals surface area contributed by atoms with Gasteiger partial charge in [-0.05, 0) is 34.9 Å². The third-order valence-electron chi connectivity index (χ3n) is 2.76. The van der Waals surface area contributed by atoms with Crippen LogP contribution in [0.3, 0.4) is 0 Å². The molecule has 0 aliphatic heterocycles. The highest BCUT2D eigenvalue weighted by Gasteiger charge is 2.13. The summed E-state index contributed by atoms with van der Waals surface area (Å²) in [6.45, 7) is 0. The second-order valence-electron chi connectivity index (χ2n) is 3.76. The van der Waals surface area contributed by atoms with Crippen LogP contribution >= 0.6 is 0 Å². The molecule has 1 heteroatoms. The summed E-state index contributed by atoms with van der Waals surface area (Å²) < 4.78 is 0. The zero-order valence-electron chi connectivity index (χ0n) is 8.35. The summed E-state index contributed by atoms with van der Waals surface area (Å²) in [4.78, 5) is 4.38. The summed E-state index contributed by atoms with van der Waals surface area (Å²) >= 11 is 0. The molecule has 1 nitrogen and oxygen atoms in total. The normalized spacial score (nSPS) is 13.5. The number of aromatic nitrogens is 1. The lowest BCUT2D eigenvalue weighted by molar-refractivity contribution is 1.22. The Balaban J connectivity index is 2.02. The van der Waals surface area contributed by atoms with E-state index < -0.39 is 0 Å². The van der Waals surface area contributed by atoms with Gasteiger partial charge in [0.1, 0.15) is 0 Å². The first-order valence-corrected chi connectivity index (χ1v) is 5.13. The van der Waals surface area contributed by atoms with Gasteiger partial charge in [-0.1, -0.05) is 30.3 Å². The zero-order valence-corrected chi connectivity index (χ0v) is 8.35. The molecule has 0 unspecified atom stereocenters. The van der Waals surface area contributed by atoms with Crippen molar-refractivity contribution in [2.24, 2.45) is 0 Å². The average Bonchev–Trinajstić information content (AvgIpc) is 2.74. The van der Waals surface area contributed by atoms with E-state index in [4.69, 9.17) is 0 Å². The van der Waals surface area contributed by atoms with E-state index >= 15 is 0 Å². The SMILES string of the molecule is C1=C(c2ccccn2)Cc2ccccc21. The minimum Gasteiger partial charge on any atom is -0.257 e. The van der Waals surface area contributed by atoms with Gasteiger partial charge < -0.3 is 0 Å². The number of rotatable bonds is 1.